The summed E-state index contributed by atoms with van der Waals surface area (Å²) in [6, 6.07) is 7.37. The minimum Gasteiger partial charge on any atom is -0.506 e. The molecule has 6 heteroatoms. The highest BCUT2D eigenvalue weighted by Gasteiger charge is 2.31. The molecule has 1 aromatic rings. The van der Waals surface area contributed by atoms with Crippen molar-refractivity contribution in [2.24, 2.45) is 5.92 Å². The second-order valence-corrected chi connectivity index (χ2v) is 5.16. The lowest BCUT2D eigenvalue weighted by atomic mass is 10.0. The Morgan fingerprint density at radius 3 is 2.35 bits per heavy atom. The van der Waals surface area contributed by atoms with Crippen LogP contribution in [0.15, 0.2) is 24.3 Å². The molecule has 0 bridgehead atoms. The lowest BCUT2D eigenvalue weighted by Gasteiger charge is -2.39. The highest BCUT2D eigenvalue weighted by atomic mass is 35.5. The monoisotopic (exact) mass is 297 g/mol. The van der Waals surface area contributed by atoms with E-state index in [0.717, 1.165) is 45.0 Å². The fourth-order valence-electron chi connectivity index (χ4n) is 2.62. The van der Waals surface area contributed by atoms with E-state index in [4.69, 9.17) is 0 Å². The van der Waals surface area contributed by atoms with Gasteiger partial charge in [-0.3, -0.25) is 4.79 Å². The Kier molecular flexibility index (Phi) is 4.73. The van der Waals surface area contributed by atoms with Gasteiger partial charge in [-0.15, -0.1) is 12.4 Å². The van der Waals surface area contributed by atoms with Crippen molar-refractivity contribution in [2.45, 2.75) is 0 Å². The van der Waals surface area contributed by atoms with Crippen LogP contribution in [0, 0.1) is 5.92 Å². The molecule has 2 aliphatic heterocycles. The van der Waals surface area contributed by atoms with Crippen molar-refractivity contribution in [2.75, 3.05) is 44.2 Å². The van der Waals surface area contributed by atoms with Crippen LogP contribution in [-0.2, 0) is 4.79 Å². The molecule has 2 fully saturated rings. The van der Waals surface area contributed by atoms with Crippen LogP contribution in [0.2, 0.25) is 0 Å². The maximum absolute atomic E-state index is 12.1. The molecule has 20 heavy (non-hydrogen) atoms. The van der Waals surface area contributed by atoms with Crippen LogP contribution in [0.1, 0.15) is 0 Å². The highest BCUT2D eigenvalue weighted by Crippen LogP contribution is 2.27. The molecule has 0 aromatic heterocycles. The standard InChI is InChI=1S/C14H19N3O2.ClH/c18-13-4-2-1-3-12(13)16-5-7-17(8-6-16)14(19)11-9-15-10-11;/h1-4,11,15,18H,5-10H2;1H. The number of hydrogen-bond acceptors (Lipinski definition) is 4. The molecule has 2 heterocycles. The Balaban J connectivity index is 0.00000147. The molecule has 3 rings (SSSR count). The Morgan fingerprint density at radius 1 is 1.15 bits per heavy atom. The number of benzene rings is 1. The van der Waals surface area contributed by atoms with Gasteiger partial charge in [0.1, 0.15) is 5.75 Å². The van der Waals surface area contributed by atoms with E-state index < -0.39 is 0 Å². The van der Waals surface area contributed by atoms with Gasteiger partial charge in [-0.25, -0.2) is 0 Å². The van der Waals surface area contributed by atoms with Gasteiger partial charge in [0, 0.05) is 39.3 Å². The second kappa shape index (κ2) is 6.33. The van der Waals surface area contributed by atoms with Gasteiger partial charge in [0.25, 0.3) is 0 Å². The summed E-state index contributed by atoms with van der Waals surface area (Å²) in [4.78, 5) is 16.2. The first-order valence-electron chi connectivity index (χ1n) is 6.78. The van der Waals surface area contributed by atoms with Crippen LogP contribution >= 0.6 is 12.4 Å². The molecule has 5 nitrogen and oxygen atoms in total. The summed E-state index contributed by atoms with van der Waals surface area (Å²) in [7, 11) is 0. The molecular weight excluding hydrogens is 278 g/mol. The van der Waals surface area contributed by atoms with Gasteiger partial charge in [0.15, 0.2) is 0 Å². The Bertz CT molecular complexity index is 471. The number of aromatic hydroxyl groups is 1. The van der Waals surface area contributed by atoms with E-state index in [1.165, 1.54) is 0 Å². The van der Waals surface area contributed by atoms with Crippen LogP contribution in [0.3, 0.4) is 0 Å². The summed E-state index contributed by atoms with van der Waals surface area (Å²) >= 11 is 0. The first-order valence-corrected chi connectivity index (χ1v) is 6.78. The number of carbonyl (C=O) groups is 1. The number of nitrogens with one attached hydrogen (secondary N) is 1. The zero-order valence-electron chi connectivity index (χ0n) is 11.3. The fourth-order valence-corrected chi connectivity index (χ4v) is 2.62. The van der Waals surface area contributed by atoms with Crippen molar-refractivity contribution in [3.63, 3.8) is 0 Å². The van der Waals surface area contributed by atoms with Crippen LogP contribution < -0.4 is 10.2 Å². The van der Waals surface area contributed by atoms with E-state index in [2.05, 4.69) is 10.2 Å². The van der Waals surface area contributed by atoms with E-state index in [9.17, 15) is 9.90 Å². The molecule has 0 atom stereocenters. The topological polar surface area (TPSA) is 55.8 Å². The van der Waals surface area contributed by atoms with E-state index >= 15 is 0 Å². The molecule has 0 spiro atoms. The largest absolute Gasteiger partial charge is 0.506 e. The Morgan fingerprint density at radius 2 is 1.80 bits per heavy atom. The van der Waals surface area contributed by atoms with Crippen LogP contribution in [0.25, 0.3) is 0 Å². The zero-order chi connectivity index (χ0) is 13.2. The Hall–Kier alpha value is -1.46. The fraction of sp³-hybridized carbons (Fsp3) is 0.500. The lowest BCUT2D eigenvalue weighted by molar-refractivity contribution is -0.137. The first-order chi connectivity index (χ1) is 9.25. The molecule has 2 N–H and O–H groups in total. The van der Waals surface area contributed by atoms with E-state index in [1.54, 1.807) is 6.07 Å². The summed E-state index contributed by atoms with van der Waals surface area (Å²) in [6.45, 7) is 4.68. The van der Waals surface area contributed by atoms with E-state index in [0.29, 0.717) is 5.75 Å². The number of para-hydroxylation sites is 2. The third-order valence-corrected chi connectivity index (χ3v) is 3.94. The number of phenolic OH excluding ortho intramolecular Hbond substituents is 1. The molecule has 0 saturated carbocycles. The second-order valence-electron chi connectivity index (χ2n) is 5.16. The molecule has 0 aliphatic carbocycles. The van der Waals surface area contributed by atoms with Gasteiger partial charge < -0.3 is 20.2 Å². The van der Waals surface area contributed by atoms with Crippen LogP contribution in [0.5, 0.6) is 5.75 Å². The summed E-state index contributed by atoms with van der Waals surface area (Å²) in [6.07, 6.45) is 0. The Labute approximate surface area is 125 Å². The number of carbonyl (C=O) groups excluding carboxylic acids is 1. The molecule has 0 radical (unpaired) electrons. The minimum atomic E-state index is 0. The molecule has 110 valence electrons. The molecule has 1 aromatic carbocycles. The predicted molar refractivity (Wildman–Crippen MR) is 80.5 cm³/mol. The molecule has 2 aliphatic rings. The first kappa shape index (κ1) is 14.9. The third kappa shape index (κ3) is 2.83. The van der Waals surface area contributed by atoms with Gasteiger partial charge in [-0.05, 0) is 12.1 Å². The lowest BCUT2D eigenvalue weighted by Crippen LogP contribution is -2.56. The average Bonchev–Trinajstić information content (AvgIpc) is 2.37. The maximum Gasteiger partial charge on any atom is 0.228 e. The van der Waals surface area contributed by atoms with Crippen LogP contribution in [-0.4, -0.2) is 55.2 Å². The number of nitrogens with zero attached hydrogens (tertiary/aromatic N) is 2. The average molecular weight is 298 g/mol. The normalized spacial score (nSPS) is 19.2. The van der Waals surface area contributed by atoms with Crippen molar-refractivity contribution in [1.82, 2.24) is 10.2 Å². The third-order valence-electron chi connectivity index (χ3n) is 3.94. The van der Waals surface area contributed by atoms with Crippen molar-refractivity contribution < 1.29 is 9.90 Å². The molecule has 0 unspecified atom stereocenters. The highest BCUT2D eigenvalue weighted by molar-refractivity contribution is 5.85. The van der Waals surface area contributed by atoms with Gasteiger partial charge in [-0.2, -0.15) is 0 Å². The minimum absolute atomic E-state index is 0. The maximum atomic E-state index is 12.1. The molecule has 2 saturated heterocycles. The number of hydrogen-bond donors (Lipinski definition) is 2. The smallest absolute Gasteiger partial charge is 0.228 e. The number of anilines is 1. The van der Waals surface area contributed by atoms with Crippen molar-refractivity contribution >= 4 is 24.0 Å². The summed E-state index contributed by atoms with van der Waals surface area (Å²) in [5.41, 5.74) is 0.861. The van der Waals surface area contributed by atoms with Gasteiger partial charge in [-0.1, -0.05) is 12.1 Å². The van der Waals surface area contributed by atoms with E-state index in [1.807, 2.05) is 23.1 Å². The summed E-state index contributed by atoms with van der Waals surface area (Å²) < 4.78 is 0. The number of piperazine rings is 1. The van der Waals surface area contributed by atoms with Crippen molar-refractivity contribution in [1.29, 1.82) is 0 Å². The molecular formula is C14H20ClN3O2. The number of rotatable bonds is 2. The van der Waals surface area contributed by atoms with Gasteiger partial charge >= 0.3 is 0 Å². The van der Waals surface area contributed by atoms with Crippen LogP contribution in [0.4, 0.5) is 5.69 Å². The van der Waals surface area contributed by atoms with Crippen molar-refractivity contribution in [3.05, 3.63) is 24.3 Å². The summed E-state index contributed by atoms with van der Waals surface area (Å²) in [5, 5.41) is 13.0. The van der Waals surface area contributed by atoms with Gasteiger partial charge in [0.05, 0.1) is 11.6 Å². The van der Waals surface area contributed by atoms with Gasteiger partial charge in [0.2, 0.25) is 5.91 Å². The summed E-state index contributed by atoms with van der Waals surface area (Å²) in [5.74, 6) is 0.762. The van der Waals surface area contributed by atoms with E-state index in [-0.39, 0.29) is 24.2 Å². The molecule has 1 amide bonds. The SMILES string of the molecule is Cl.O=C(C1CNC1)N1CCN(c2ccccc2O)CC1. The zero-order valence-corrected chi connectivity index (χ0v) is 12.1. The number of phenols is 1. The quantitative estimate of drug-likeness (QED) is 0.843. The van der Waals surface area contributed by atoms with Crippen molar-refractivity contribution in [3.8, 4) is 5.75 Å². The number of amides is 1. The number of halogens is 1. The predicted octanol–water partition coefficient (Wildman–Crippen LogP) is 0.682.